The van der Waals surface area contributed by atoms with Gasteiger partial charge >= 0.3 is 0 Å². The van der Waals surface area contributed by atoms with Crippen LogP contribution in [0.15, 0.2) is 23.3 Å². The second kappa shape index (κ2) is 2.55. The van der Waals surface area contributed by atoms with Crippen LogP contribution in [-0.2, 0) is 0 Å². The van der Waals surface area contributed by atoms with Crippen molar-refractivity contribution in [1.82, 2.24) is 0 Å². The van der Waals surface area contributed by atoms with E-state index in [4.69, 9.17) is 11.6 Å². The molecule has 56 valence electrons. The smallest absolute Gasteiger partial charge is 0.0577 e. The summed E-state index contributed by atoms with van der Waals surface area (Å²) in [7, 11) is -1.07. The molecule has 0 aromatic carbocycles. The van der Waals surface area contributed by atoms with Crippen molar-refractivity contribution in [2.24, 2.45) is 0 Å². The predicted octanol–water partition coefficient (Wildman–Crippen LogP) is 3.39. The maximum atomic E-state index is 6.00. The van der Waals surface area contributed by atoms with Crippen molar-refractivity contribution < 1.29 is 0 Å². The Hall–Kier alpha value is -0.0131. The van der Waals surface area contributed by atoms with Crippen molar-refractivity contribution in [3.63, 3.8) is 0 Å². The molecule has 0 spiro atoms. The van der Waals surface area contributed by atoms with Crippen molar-refractivity contribution in [2.45, 2.75) is 25.2 Å². The van der Waals surface area contributed by atoms with E-state index in [1.165, 1.54) is 0 Å². The Morgan fingerprint density at radius 2 is 2.00 bits per heavy atom. The summed E-state index contributed by atoms with van der Waals surface area (Å²) in [6.45, 7) is 7.01. The minimum absolute atomic E-state index is 0.564. The van der Waals surface area contributed by atoms with Crippen LogP contribution in [0.2, 0.25) is 25.2 Å². The van der Waals surface area contributed by atoms with E-state index in [1.54, 1.807) is 0 Å². The first-order valence-corrected chi connectivity index (χ1v) is 7.51. The molecule has 0 aromatic rings. The third-order valence-corrected chi connectivity index (χ3v) is 4.70. The highest BCUT2D eigenvalue weighted by atomic mass is 35.5. The van der Waals surface area contributed by atoms with E-state index in [9.17, 15) is 0 Å². The maximum absolute atomic E-state index is 6.00. The summed E-state index contributed by atoms with van der Waals surface area (Å²) in [4.78, 5) is 0. The predicted molar refractivity (Wildman–Crippen MR) is 50.2 cm³/mol. The van der Waals surface area contributed by atoms with Crippen LogP contribution in [0.25, 0.3) is 0 Å². The van der Waals surface area contributed by atoms with Gasteiger partial charge < -0.3 is 0 Å². The highest BCUT2D eigenvalue weighted by Gasteiger charge is 2.28. The third-order valence-electron chi connectivity index (χ3n) is 1.79. The Labute approximate surface area is 68.6 Å². The van der Waals surface area contributed by atoms with Crippen molar-refractivity contribution in [3.05, 3.63) is 23.3 Å². The van der Waals surface area contributed by atoms with Crippen molar-refractivity contribution in [3.8, 4) is 0 Å². The second-order valence-corrected chi connectivity index (χ2v) is 9.57. The van der Waals surface area contributed by atoms with E-state index < -0.39 is 8.07 Å². The molecule has 0 amide bonds. The Bertz CT molecular complexity index is 186. The van der Waals surface area contributed by atoms with Crippen LogP contribution < -0.4 is 0 Å². The van der Waals surface area contributed by atoms with Crippen LogP contribution in [0.3, 0.4) is 0 Å². The van der Waals surface area contributed by atoms with Gasteiger partial charge in [0.25, 0.3) is 0 Å². The van der Waals surface area contributed by atoms with Crippen LogP contribution in [-0.4, -0.2) is 8.07 Å². The van der Waals surface area contributed by atoms with Crippen LogP contribution in [0.5, 0.6) is 0 Å². The number of hydrogen-bond acceptors (Lipinski definition) is 0. The Kier molecular flexibility index (Phi) is 2.06. The fourth-order valence-electron chi connectivity index (χ4n) is 1.16. The molecule has 1 atom stereocenters. The van der Waals surface area contributed by atoms with E-state index in [2.05, 4.69) is 31.8 Å². The van der Waals surface area contributed by atoms with Crippen LogP contribution in [0, 0.1) is 0 Å². The molecule has 10 heavy (non-hydrogen) atoms. The minimum atomic E-state index is -1.07. The van der Waals surface area contributed by atoms with Crippen molar-refractivity contribution in [1.29, 1.82) is 0 Å². The van der Waals surface area contributed by atoms with Gasteiger partial charge in [-0.1, -0.05) is 43.4 Å². The molecule has 1 aliphatic rings. The molecule has 0 saturated heterocycles. The van der Waals surface area contributed by atoms with Crippen LogP contribution in [0.4, 0.5) is 0 Å². The summed E-state index contributed by atoms with van der Waals surface area (Å²) in [5.74, 6) is 0. The lowest BCUT2D eigenvalue weighted by molar-refractivity contribution is 1.27. The zero-order chi connectivity index (χ0) is 7.78. The molecule has 1 aliphatic carbocycles. The Morgan fingerprint density at radius 1 is 1.40 bits per heavy atom. The summed E-state index contributed by atoms with van der Waals surface area (Å²) in [6.07, 6.45) is 6.28. The first-order valence-electron chi connectivity index (χ1n) is 3.56. The van der Waals surface area contributed by atoms with E-state index in [-0.39, 0.29) is 0 Å². The van der Waals surface area contributed by atoms with Gasteiger partial charge in [-0.2, -0.15) is 0 Å². The average Bonchev–Trinajstić information content (AvgIpc) is 2.11. The molecule has 1 rings (SSSR count). The zero-order valence-corrected chi connectivity index (χ0v) is 8.44. The summed E-state index contributed by atoms with van der Waals surface area (Å²) in [6, 6.07) is 0. The van der Waals surface area contributed by atoms with E-state index >= 15 is 0 Å². The second-order valence-electron chi connectivity index (χ2n) is 3.78. The standard InChI is InChI=1S/C8H13ClSi/c1-10(2,3)8-6-4-5-7(8)9/h4-6,8H,1-3H3. The number of rotatable bonds is 1. The Balaban J connectivity index is 2.76. The van der Waals surface area contributed by atoms with Gasteiger partial charge in [0.1, 0.15) is 0 Å². The molecule has 0 aromatic heterocycles. The number of halogens is 1. The lowest BCUT2D eigenvalue weighted by Crippen LogP contribution is -2.26. The molecular weight excluding hydrogens is 160 g/mol. The van der Waals surface area contributed by atoms with Gasteiger partial charge in [-0.15, -0.1) is 0 Å². The van der Waals surface area contributed by atoms with Gasteiger partial charge in [0.05, 0.1) is 8.07 Å². The molecule has 0 saturated carbocycles. The molecule has 0 radical (unpaired) electrons. The molecule has 0 fully saturated rings. The van der Waals surface area contributed by atoms with Crippen LogP contribution in [0.1, 0.15) is 0 Å². The molecule has 0 N–H and O–H groups in total. The zero-order valence-electron chi connectivity index (χ0n) is 6.69. The first-order chi connectivity index (χ1) is 4.52. The Morgan fingerprint density at radius 3 is 2.20 bits per heavy atom. The normalized spacial score (nSPS) is 25.2. The van der Waals surface area contributed by atoms with Gasteiger partial charge in [-0.3, -0.25) is 0 Å². The highest BCUT2D eigenvalue weighted by molar-refractivity contribution is 6.79. The lowest BCUT2D eigenvalue weighted by atomic mass is 10.5. The van der Waals surface area contributed by atoms with Gasteiger partial charge in [0.15, 0.2) is 0 Å². The quantitative estimate of drug-likeness (QED) is 0.532. The van der Waals surface area contributed by atoms with Gasteiger partial charge in [-0.25, -0.2) is 0 Å². The van der Waals surface area contributed by atoms with E-state index in [1.807, 2.05) is 6.08 Å². The van der Waals surface area contributed by atoms with Gasteiger partial charge in [0.2, 0.25) is 0 Å². The fraction of sp³-hybridized carbons (Fsp3) is 0.500. The summed E-state index contributed by atoms with van der Waals surface area (Å²) >= 11 is 6.00. The highest BCUT2D eigenvalue weighted by Crippen LogP contribution is 2.36. The molecule has 0 bridgehead atoms. The topological polar surface area (TPSA) is 0 Å². The monoisotopic (exact) mass is 172 g/mol. The molecule has 0 heterocycles. The molecule has 0 aliphatic heterocycles. The lowest BCUT2D eigenvalue weighted by Gasteiger charge is -2.23. The average molecular weight is 173 g/mol. The van der Waals surface area contributed by atoms with Crippen molar-refractivity contribution in [2.75, 3.05) is 0 Å². The van der Waals surface area contributed by atoms with E-state index in [0.717, 1.165) is 5.03 Å². The molecule has 0 nitrogen and oxygen atoms in total. The summed E-state index contributed by atoms with van der Waals surface area (Å²) in [5, 5.41) is 1.03. The summed E-state index contributed by atoms with van der Waals surface area (Å²) < 4.78 is 0. The number of allylic oxidation sites excluding steroid dienone is 4. The van der Waals surface area contributed by atoms with Crippen molar-refractivity contribution >= 4 is 19.7 Å². The summed E-state index contributed by atoms with van der Waals surface area (Å²) in [5.41, 5.74) is 0.564. The fourth-order valence-corrected chi connectivity index (χ4v) is 3.90. The molecular formula is C8H13ClSi. The third kappa shape index (κ3) is 1.53. The minimum Gasteiger partial charge on any atom is -0.0888 e. The van der Waals surface area contributed by atoms with Gasteiger partial charge in [0, 0.05) is 10.6 Å². The maximum Gasteiger partial charge on any atom is 0.0577 e. The number of hydrogen-bond donors (Lipinski definition) is 0. The SMILES string of the molecule is C[Si](C)(C)C1C=CC=C1Cl. The first kappa shape index (κ1) is 8.09. The molecule has 1 unspecified atom stereocenters. The molecule has 2 heteroatoms. The van der Waals surface area contributed by atoms with Gasteiger partial charge in [-0.05, 0) is 6.08 Å². The van der Waals surface area contributed by atoms with E-state index in [0.29, 0.717) is 5.54 Å². The largest absolute Gasteiger partial charge is 0.0888 e. The van der Waals surface area contributed by atoms with Crippen LogP contribution >= 0.6 is 11.6 Å².